The Morgan fingerprint density at radius 2 is 2.07 bits per heavy atom. The molecule has 4 rings (SSSR count). The maximum atomic E-state index is 13.0. The highest BCUT2D eigenvalue weighted by Gasteiger charge is 2.34. The molecule has 146 valence electrons. The summed E-state index contributed by atoms with van der Waals surface area (Å²) in [7, 11) is 0. The van der Waals surface area contributed by atoms with Crippen molar-refractivity contribution in [3.05, 3.63) is 59.5 Å². The van der Waals surface area contributed by atoms with Gasteiger partial charge in [0.25, 0.3) is 0 Å². The second-order valence-corrected chi connectivity index (χ2v) is 7.70. The van der Waals surface area contributed by atoms with E-state index < -0.39 is 0 Å². The van der Waals surface area contributed by atoms with Crippen LogP contribution >= 0.6 is 11.6 Å². The van der Waals surface area contributed by atoms with Gasteiger partial charge in [-0.2, -0.15) is 4.40 Å². The molecule has 6 nitrogen and oxygen atoms in total. The van der Waals surface area contributed by atoms with Crippen LogP contribution in [0.3, 0.4) is 0 Å². The molecule has 0 atom stereocenters. The van der Waals surface area contributed by atoms with Gasteiger partial charge in [-0.3, -0.25) is 4.79 Å². The van der Waals surface area contributed by atoms with Gasteiger partial charge in [0.2, 0.25) is 0 Å². The van der Waals surface area contributed by atoms with Gasteiger partial charge < -0.3 is 15.2 Å². The summed E-state index contributed by atoms with van der Waals surface area (Å²) in [5.74, 6) is 0.222. The molecule has 0 bridgehead atoms. The van der Waals surface area contributed by atoms with Crippen LogP contribution in [0.1, 0.15) is 23.5 Å². The molecule has 1 aliphatic heterocycles. The average Bonchev–Trinajstić information content (AvgIpc) is 3.13. The molecule has 0 spiro atoms. The van der Waals surface area contributed by atoms with Crippen molar-refractivity contribution in [3.8, 4) is 11.3 Å². The number of ether oxygens (including phenoxy) is 1. The number of benzene rings is 1. The van der Waals surface area contributed by atoms with Gasteiger partial charge >= 0.3 is 11.7 Å². The van der Waals surface area contributed by atoms with E-state index in [1.807, 2.05) is 53.1 Å². The van der Waals surface area contributed by atoms with Gasteiger partial charge in [-0.1, -0.05) is 29.8 Å². The molecule has 3 aromatic rings. The monoisotopic (exact) mass is 400 g/mol. The molecule has 2 aromatic heterocycles. The van der Waals surface area contributed by atoms with Crippen LogP contribution in [0.25, 0.3) is 16.8 Å². The molecule has 3 heterocycles. The minimum absolute atomic E-state index is 0.0308. The van der Waals surface area contributed by atoms with Gasteiger partial charge in [-0.15, -0.1) is 0 Å². The molecule has 0 unspecified atom stereocenters. The lowest BCUT2D eigenvalue weighted by Crippen LogP contribution is -2.45. The Morgan fingerprint density at radius 1 is 1.25 bits per heavy atom. The summed E-state index contributed by atoms with van der Waals surface area (Å²) in [5, 5.41) is 13.5. The van der Waals surface area contributed by atoms with Crippen molar-refractivity contribution in [2.24, 2.45) is 5.41 Å². The van der Waals surface area contributed by atoms with Crippen LogP contribution in [0.15, 0.2) is 48.7 Å². The fourth-order valence-corrected chi connectivity index (χ4v) is 3.85. The van der Waals surface area contributed by atoms with Crippen molar-refractivity contribution in [2.75, 3.05) is 26.4 Å². The fraction of sp³-hybridized carbons (Fsp3) is 0.333. The molecule has 0 aliphatic carbocycles. The van der Waals surface area contributed by atoms with E-state index in [2.05, 4.69) is 10.3 Å². The highest BCUT2D eigenvalue weighted by molar-refractivity contribution is 6.30. The zero-order valence-electron chi connectivity index (χ0n) is 15.5. The topological polar surface area (TPSA) is 78.4 Å². The summed E-state index contributed by atoms with van der Waals surface area (Å²) >= 11 is 6.15. The molecular weight excluding hydrogens is 378 g/mol. The van der Waals surface area contributed by atoms with E-state index in [9.17, 15) is 9.90 Å². The number of fused-ring (bicyclic) bond motifs is 1. The molecular formula is C21H23ClN3O3+. The highest BCUT2D eigenvalue weighted by Crippen LogP contribution is 2.29. The van der Waals surface area contributed by atoms with Gasteiger partial charge in [0, 0.05) is 35.8 Å². The third kappa shape index (κ3) is 3.63. The first-order valence-corrected chi connectivity index (χ1v) is 9.75. The summed E-state index contributed by atoms with van der Waals surface area (Å²) in [6, 6.07) is 13.3. The number of nitrogens with one attached hydrogen (secondary N) is 2. The Morgan fingerprint density at radius 3 is 2.82 bits per heavy atom. The van der Waals surface area contributed by atoms with Gasteiger partial charge in [0.15, 0.2) is 11.2 Å². The van der Waals surface area contributed by atoms with Crippen LogP contribution in [0.4, 0.5) is 0 Å². The lowest BCUT2D eigenvalue weighted by atomic mass is 9.81. The number of hydrogen-bond acceptors (Lipinski definition) is 3. The molecule has 0 saturated carbocycles. The molecule has 7 heteroatoms. The number of carbonyl (C=O) groups excluding carboxylic acids is 1. The Bertz CT molecular complexity index is 995. The predicted molar refractivity (Wildman–Crippen MR) is 106 cm³/mol. The van der Waals surface area contributed by atoms with Crippen LogP contribution in [-0.2, 0) is 4.74 Å². The number of aromatic nitrogens is 2. The van der Waals surface area contributed by atoms with Crippen LogP contribution in [-0.4, -0.2) is 42.4 Å². The minimum Gasteiger partial charge on any atom is -0.396 e. The zero-order valence-corrected chi connectivity index (χ0v) is 16.2. The number of H-pyrrole nitrogens is 1. The van der Waals surface area contributed by atoms with Crippen LogP contribution in [0, 0.1) is 5.41 Å². The molecule has 1 aliphatic rings. The molecule has 1 aromatic carbocycles. The zero-order chi connectivity index (χ0) is 19.6. The van der Waals surface area contributed by atoms with Crippen molar-refractivity contribution < 1.29 is 19.0 Å². The number of hydrogen-bond donors (Lipinski definition) is 3. The number of carbonyl (C=O) groups is 1. The van der Waals surface area contributed by atoms with Crippen molar-refractivity contribution in [3.63, 3.8) is 0 Å². The second kappa shape index (κ2) is 7.91. The van der Waals surface area contributed by atoms with E-state index in [0.717, 1.165) is 29.6 Å². The number of imidazole rings is 1. The maximum absolute atomic E-state index is 13.0. The summed E-state index contributed by atoms with van der Waals surface area (Å²) in [5.41, 5.74) is 2.30. The Hall–Kier alpha value is -2.41. The lowest BCUT2D eigenvalue weighted by Gasteiger charge is -2.35. The third-order valence-corrected chi connectivity index (χ3v) is 5.68. The summed E-state index contributed by atoms with van der Waals surface area (Å²) in [6.45, 7) is 1.65. The van der Waals surface area contributed by atoms with E-state index in [0.29, 0.717) is 30.6 Å². The quantitative estimate of drug-likeness (QED) is 0.576. The number of nitrogens with zero attached hydrogens (tertiary/aromatic N) is 1. The number of amides is 1. The highest BCUT2D eigenvalue weighted by atomic mass is 35.5. The van der Waals surface area contributed by atoms with Gasteiger partial charge in [0.05, 0.1) is 12.8 Å². The molecule has 0 radical (unpaired) electrons. The molecule has 28 heavy (non-hydrogen) atoms. The average molecular weight is 401 g/mol. The second-order valence-electron chi connectivity index (χ2n) is 7.27. The van der Waals surface area contributed by atoms with Crippen molar-refractivity contribution >= 4 is 23.0 Å². The maximum Gasteiger partial charge on any atom is 0.351 e. The first kappa shape index (κ1) is 18.9. The normalized spacial score (nSPS) is 16.2. The number of pyridine rings is 1. The fourth-order valence-electron chi connectivity index (χ4n) is 3.66. The SMILES string of the molecule is O=C(NCC1(CO)CCOCC1)c1[nH]c(-c2cccc(Cl)c2)c2cccc[n+]12. The molecule has 3 N–H and O–H groups in total. The van der Waals surface area contributed by atoms with Crippen LogP contribution in [0.5, 0.6) is 0 Å². The van der Waals surface area contributed by atoms with Crippen molar-refractivity contribution in [1.29, 1.82) is 0 Å². The number of aliphatic hydroxyl groups is 1. The Balaban J connectivity index is 1.64. The van der Waals surface area contributed by atoms with E-state index in [1.54, 1.807) is 0 Å². The van der Waals surface area contributed by atoms with E-state index in [-0.39, 0.29) is 17.9 Å². The first-order valence-electron chi connectivity index (χ1n) is 9.37. The number of aliphatic hydroxyl groups excluding tert-OH is 1. The molecule has 1 amide bonds. The largest absolute Gasteiger partial charge is 0.396 e. The lowest BCUT2D eigenvalue weighted by molar-refractivity contribution is -0.513. The third-order valence-electron chi connectivity index (χ3n) is 5.44. The Kier molecular flexibility index (Phi) is 5.35. The van der Waals surface area contributed by atoms with Gasteiger partial charge in [0.1, 0.15) is 0 Å². The molecule has 1 saturated heterocycles. The minimum atomic E-state index is -0.323. The number of halogens is 1. The predicted octanol–water partition coefficient (Wildman–Crippen LogP) is 2.59. The first-order chi connectivity index (χ1) is 13.6. The van der Waals surface area contributed by atoms with Crippen LogP contribution < -0.4 is 9.72 Å². The smallest absolute Gasteiger partial charge is 0.351 e. The van der Waals surface area contributed by atoms with Crippen molar-refractivity contribution in [2.45, 2.75) is 12.8 Å². The summed E-state index contributed by atoms with van der Waals surface area (Å²) in [4.78, 5) is 16.2. The van der Waals surface area contributed by atoms with Gasteiger partial charge in [-0.25, -0.2) is 4.98 Å². The standard InChI is InChI=1S/C21H22ClN3O3/c22-16-5-3-4-15(12-16)18-17-6-1-2-9-25(17)19(24-18)20(27)23-13-21(14-26)7-10-28-11-8-21/h1-6,9,12,26H,7-8,10-11,13-14H2,(H,23,27)/p+1. The Labute approximate surface area is 168 Å². The summed E-state index contributed by atoms with van der Waals surface area (Å²) < 4.78 is 7.23. The van der Waals surface area contributed by atoms with E-state index >= 15 is 0 Å². The summed E-state index contributed by atoms with van der Waals surface area (Å²) in [6.07, 6.45) is 3.32. The van der Waals surface area contributed by atoms with Gasteiger partial charge in [-0.05, 0) is 37.1 Å². The van der Waals surface area contributed by atoms with E-state index in [4.69, 9.17) is 16.3 Å². The number of aromatic amines is 1. The number of rotatable bonds is 5. The molecule has 1 fully saturated rings. The van der Waals surface area contributed by atoms with Crippen molar-refractivity contribution in [1.82, 2.24) is 10.3 Å². The van der Waals surface area contributed by atoms with E-state index in [1.165, 1.54) is 0 Å². The van der Waals surface area contributed by atoms with Crippen LogP contribution in [0.2, 0.25) is 5.02 Å².